The largest absolute Gasteiger partial charge is 0.493 e. The van der Waals surface area contributed by atoms with Crippen molar-refractivity contribution in [3.63, 3.8) is 0 Å². The van der Waals surface area contributed by atoms with Gasteiger partial charge in [-0.1, -0.05) is 6.07 Å². The lowest BCUT2D eigenvalue weighted by atomic mass is 10.1. The van der Waals surface area contributed by atoms with Gasteiger partial charge in [0.2, 0.25) is 5.91 Å². The summed E-state index contributed by atoms with van der Waals surface area (Å²) in [4.78, 5) is 11.8. The Balaban J connectivity index is 2.55. The number of hydrogen-bond donors (Lipinski definition) is 2. The molecule has 5 heteroatoms. The molecule has 19 heavy (non-hydrogen) atoms. The summed E-state index contributed by atoms with van der Waals surface area (Å²) in [6.45, 7) is 4.56. The van der Waals surface area contributed by atoms with E-state index in [2.05, 4.69) is 5.32 Å². The quantitative estimate of drug-likeness (QED) is 0.738. The lowest BCUT2D eigenvalue weighted by molar-refractivity contribution is -0.120. The monoisotopic (exact) mass is 266 g/mol. The molecule has 1 aromatic rings. The van der Waals surface area contributed by atoms with Crippen LogP contribution in [0.3, 0.4) is 0 Å². The van der Waals surface area contributed by atoms with Crippen LogP contribution in [0.2, 0.25) is 0 Å². The first-order chi connectivity index (χ1) is 8.93. The molecule has 1 amide bonds. The predicted octanol–water partition coefficient (Wildman–Crippen LogP) is 1.78. The Morgan fingerprint density at radius 1 is 1.37 bits per heavy atom. The SMILES string of the molecule is COCCCOc1cccc(NC(=O)C(C)(C)N)c1. The van der Waals surface area contributed by atoms with Gasteiger partial charge in [0.1, 0.15) is 5.75 Å². The summed E-state index contributed by atoms with van der Waals surface area (Å²) in [6, 6.07) is 7.24. The molecule has 0 saturated heterocycles. The number of nitrogens with one attached hydrogen (secondary N) is 1. The molecule has 0 radical (unpaired) electrons. The summed E-state index contributed by atoms with van der Waals surface area (Å²) < 4.78 is 10.5. The number of nitrogens with two attached hydrogens (primary N) is 1. The summed E-state index contributed by atoms with van der Waals surface area (Å²) in [5.41, 5.74) is 5.49. The van der Waals surface area contributed by atoms with Crippen LogP contribution in [0.4, 0.5) is 5.69 Å². The number of hydrogen-bond acceptors (Lipinski definition) is 4. The number of anilines is 1. The number of rotatable bonds is 7. The van der Waals surface area contributed by atoms with Crippen molar-refractivity contribution in [3.8, 4) is 5.75 Å². The van der Waals surface area contributed by atoms with Crippen molar-refractivity contribution < 1.29 is 14.3 Å². The zero-order valence-corrected chi connectivity index (χ0v) is 11.7. The van der Waals surface area contributed by atoms with Crippen molar-refractivity contribution in [2.24, 2.45) is 5.73 Å². The highest BCUT2D eigenvalue weighted by Crippen LogP contribution is 2.18. The van der Waals surface area contributed by atoms with E-state index in [1.165, 1.54) is 0 Å². The van der Waals surface area contributed by atoms with Crippen molar-refractivity contribution in [2.45, 2.75) is 25.8 Å². The molecule has 0 unspecified atom stereocenters. The summed E-state index contributed by atoms with van der Waals surface area (Å²) in [5, 5.41) is 2.76. The summed E-state index contributed by atoms with van der Waals surface area (Å²) in [6.07, 6.45) is 0.822. The van der Waals surface area contributed by atoms with Crippen molar-refractivity contribution >= 4 is 11.6 Å². The molecule has 0 aliphatic rings. The second-order valence-corrected chi connectivity index (χ2v) is 4.90. The van der Waals surface area contributed by atoms with Crippen LogP contribution in [0.1, 0.15) is 20.3 Å². The Bertz CT molecular complexity index is 413. The van der Waals surface area contributed by atoms with E-state index >= 15 is 0 Å². The third kappa shape index (κ3) is 5.72. The van der Waals surface area contributed by atoms with Crippen molar-refractivity contribution in [1.29, 1.82) is 0 Å². The average Bonchev–Trinajstić information content (AvgIpc) is 2.34. The lowest BCUT2D eigenvalue weighted by Crippen LogP contribution is -2.45. The van der Waals surface area contributed by atoms with Gasteiger partial charge in [-0.3, -0.25) is 4.79 Å². The van der Waals surface area contributed by atoms with E-state index in [9.17, 15) is 4.79 Å². The Hall–Kier alpha value is -1.59. The first-order valence-corrected chi connectivity index (χ1v) is 6.25. The van der Waals surface area contributed by atoms with Crippen LogP contribution in [0, 0.1) is 0 Å². The fraction of sp³-hybridized carbons (Fsp3) is 0.500. The zero-order valence-electron chi connectivity index (χ0n) is 11.7. The number of ether oxygens (including phenoxy) is 2. The molecule has 0 aliphatic heterocycles. The first kappa shape index (κ1) is 15.5. The minimum Gasteiger partial charge on any atom is -0.493 e. The van der Waals surface area contributed by atoms with E-state index in [4.69, 9.17) is 15.2 Å². The van der Waals surface area contributed by atoms with Gasteiger partial charge < -0.3 is 20.5 Å². The van der Waals surface area contributed by atoms with E-state index in [1.54, 1.807) is 33.1 Å². The molecule has 0 spiro atoms. The molecule has 3 N–H and O–H groups in total. The molecule has 0 aliphatic carbocycles. The highest BCUT2D eigenvalue weighted by molar-refractivity contribution is 5.97. The third-order valence-electron chi connectivity index (χ3n) is 2.44. The Morgan fingerprint density at radius 3 is 2.74 bits per heavy atom. The molecule has 5 nitrogen and oxygen atoms in total. The second-order valence-electron chi connectivity index (χ2n) is 4.90. The number of carbonyl (C=O) groups is 1. The number of benzene rings is 1. The van der Waals surface area contributed by atoms with Gasteiger partial charge in [0, 0.05) is 31.9 Å². The lowest BCUT2D eigenvalue weighted by Gasteiger charge is -2.18. The molecular formula is C14H22N2O3. The first-order valence-electron chi connectivity index (χ1n) is 6.25. The van der Waals surface area contributed by atoms with Gasteiger partial charge in [0.15, 0.2) is 0 Å². The highest BCUT2D eigenvalue weighted by atomic mass is 16.5. The zero-order chi connectivity index (χ0) is 14.3. The normalized spacial score (nSPS) is 11.2. The second kappa shape index (κ2) is 7.11. The fourth-order valence-corrected chi connectivity index (χ4v) is 1.35. The van der Waals surface area contributed by atoms with Gasteiger partial charge in [0.25, 0.3) is 0 Å². The van der Waals surface area contributed by atoms with Crippen molar-refractivity contribution in [2.75, 3.05) is 25.6 Å². The summed E-state index contributed by atoms with van der Waals surface area (Å²) in [7, 11) is 1.66. The van der Waals surface area contributed by atoms with Crippen LogP contribution in [0.25, 0.3) is 0 Å². The van der Waals surface area contributed by atoms with E-state index < -0.39 is 5.54 Å². The molecule has 106 valence electrons. The summed E-state index contributed by atoms with van der Waals surface area (Å²) >= 11 is 0. The Morgan fingerprint density at radius 2 is 2.11 bits per heavy atom. The van der Waals surface area contributed by atoms with E-state index in [1.807, 2.05) is 12.1 Å². The minimum absolute atomic E-state index is 0.232. The molecule has 0 atom stereocenters. The maximum atomic E-state index is 11.8. The Kier molecular flexibility index (Phi) is 5.79. The van der Waals surface area contributed by atoms with Gasteiger partial charge >= 0.3 is 0 Å². The average molecular weight is 266 g/mol. The smallest absolute Gasteiger partial charge is 0.243 e. The molecular weight excluding hydrogens is 244 g/mol. The van der Waals surface area contributed by atoms with Crippen molar-refractivity contribution in [3.05, 3.63) is 24.3 Å². The van der Waals surface area contributed by atoms with Crippen LogP contribution in [-0.4, -0.2) is 31.8 Å². The number of methoxy groups -OCH3 is 1. The van der Waals surface area contributed by atoms with E-state index in [0.717, 1.165) is 6.42 Å². The third-order valence-corrected chi connectivity index (χ3v) is 2.44. The molecule has 0 aromatic heterocycles. The predicted molar refractivity (Wildman–Crippen MR) is 75.3 cm³/mol. The number of carbonyl (C=O) groups excluding carboxylic acids is 1. The van der Waals surface area contributed by atoms with Gasteiger partial charge in [-0.25, -0.2) is 0 Å². The molecule has 0 bridgehead atoms. The highest BCUT2D eigenvalue weighted by Gasteiger charge is 2.21. The molecule has 0 heterocycles. The minimum atomic E-state index is -0.907. The molecule has 1 rings (SSSR count). The van der Waals surface area contributed by atoms with Gasteiger partial charge in [-0.05, 0) is 26.0 Å². The fourth-order valence-electron chi connectivity index (χ4n) is 1.35. The topological polar surface area (TPSA) is 73.6 Å². The van der Waals surface area contributed by atoms with Gasteiger partial charge in [0.05, 0.1) is 12.1 Å². The van der Waals surface area contributed by atoms with Crippen LogP contribution >= 0.6 is 0 Å². The standard InChI is InChI=1S/C14H22N2O3/c1-14(2,15)13(17)16-11-6-4-7-12(10-11)19-9-5-8-18-3/h4,6-7,10H,5,8-9,15H2,1-3H3,(H,16,17). The van der Waals surface area contributed by atoms with Crippen molar-refractivity contribution in [1.82, 2.24) is 0 Å². The Labute approximate surface area is 114 Å². The van der Waals surface area contributed by atoms with Crippen LogP contribution < -0.4 is 15.8 Å². The molecule has 0 saturated carbocycles. The van der Waals surface area contributed by atoms with Gasteiger partial charge in [-0.15, -0.1) is 0 Å². The van der Waals surface area contributed by atoms with Gasteiger partial charge in [-0.2, -0.15) is 0 Å². The maximum Gasteiger partial charge on any atom is 0.243 e. The van der Waals surface area contributed by atoms with Crippen LogP contribution in [-0.2, 0) is 9.53 Å². The van der Waals surface area contributed by atoms with E-state index in [-0.39, 0.29) is 5.91 Å². The number of amides is 1. The maximum absolute atomic E-state index is 11.8. The molecule has 0 fully saturated rings. The van der Waals surface area contributed by atoms with Crippen LogP contribution in [0.15, 0.2) is 24.3 Å². The van der Waals surface area contributed by atoms with E-state index in [0.29, 0.717) is 24.7 Å². The summed E-state index contributed by atoms with van der Waals surface area (Å²) in [5.74, 6) is 0.479. The van der Waals surface area contributed by atoms with Crippen LogP contribution in [0.5, 0.6) is 5.75 Å². The molecule has 1 aromatic carbocycles.